The van der Waals surface area contributed by atoms with Crippen molar-refractivity contribution in [2.75, 3.05) is 5.32 Å². The highest BCUT2D eigenvalue weighted by Gasteiger charge is 2.31. The number of amides is 1. The molecule has 0 aliphatic carbocycles. The highest BCUT2D eigenvalue weighted by atomic mass is 35.5. The van der Waals surface area contributed by atoms with Crippen molar-refractivity contribution in [2.45, 2.75) is 12.3 Å². The molecule has 114 valence electrons. The molecule has 0 radical (unpaired) electrons. The number of pyridine rings is 1. The van der Waals surface area contributed by atoms with Crippen molar-refractivity contribution in [1.82, 2.24) is 9.36 Å². The lowest BCUT2D eigenvalue weighted by Crippen LogP contribution is -2.22. The number of halogens is 1. The number of aromatic nitrogens is 2. The molecule has 3 aromatic rings. The van der Waals surface area contributed by atoms with Crippen LogP contribution in [0.1, 0.15) is 22.8 Å². The summed E-state index contributed by atoms with van der Waals surface area (Å²) in [6.45, 7) is 0. The van der Waals surface area contributed by atoms with Crippen molar-refractivity contribution in [3.63, 3.8) is 0 Å². The molecular formula is C17H12ClN3OS. The minimum absolute atomic E-state index is 0.00164. The number of fused-ring (bicyclic) bond motifs is 1. The van der Waals surface area contributed by atoms with Crippen LogP contribution >= 0.6 is 23.1 Å². The summed E-state index contributed by atoms with van der Waals surface area (Å²) in [5.74, 6) is 0.00719. The first-order chi connectivity index (χ1) is 11.2. The highest BCUT2D eigenvalue weighted by molar-refractivity contribution is 7.07. The average molecular weight is 342 g/mol. The maximum Gasteiger partial charge on any atom is 0.225 e. The van der Waals surface area contributed by atoms with Crippen LogP contribution in [-0.4, -0.2) is 15.3 Å². The molecule has 0 bridgehead atoms. The van der Waals surface area contributed by atoms with E-state index in [-0.39, 0.29) is 11.8 Å². The van der Waals surface area contributed by atoms with Gasteiger partial charge < -0.3 is 5.32 Å². The highest BCUT2D eigenvalue weighted by Crippen LogP contribution is 2.44. The lowest BCUT2D eigenvalue weighted by Gasteiger charge is -2.22. The summed E-state index contributed by atoms with van der Waals surface area (Å²) in [4.78, 5) is 17.4. The van der Waals surface area contributed by atoms with Gasteiger partial charge in [-0.1, -0.05) is 29.8 Å². The van der Waals surface area contributed by atoms with Crippen LogP contribution in [0.2, 0.25) is 5.02 Å². The lowest BCUT2D eigenvalue weighted by atomic mass is 9.90. The molecule has 0 fully saturated rings. The van der Waals surface area contributed by atoms with Crippen molar-refractivity contribution in [3.05, 3.63) is 64.3 Å². The van der Waals surface area contributed by atoms with Gasteiger partial charge in [0.05, 0.1) is 10.6 Å². The third-order valence-corrected chi connectivity index (χ3v) is 5.10. The minimum Gasteiger partial charge on any atom is -0.323 e. The standard InChI is InChI=1S/C17H12ClN3OS/c18-12-5-3-10(4-6-12)15-16-17(23-21-15)13(8-14(22)20-16)11-2-1-7-19-9-11/h1-7,9,13H,8H2,(H,20,22)/t13-/m0/s1. The number of benzene rings is 1. The third-order valence-electron chi connectivity index (χ3n) is 3.89. The molecule has 2 aromatic heterocycles. The molecule has 0 unspecified atom stereocenters. The molecule has 1 aliphatic heterocycles. The minimum atomic E-state index is 0.00164. The predicted octanol–water partition coefficient (Wildman–Crippen LogP) is 4.33. The van der Waals surface area contributed by atoms with E-state index in [0.29, 0.717) is 11.4 Å². The van der Waals surface area contributed by atoms with Gasteiger partial charge >= 0.3 is 0 Å². The predicted molar refractivity (Wildman–Crippen MR) is 91.9 cm³/mol. The van der Waals surface area contributed by atoms with E-state index in [1.807, 2.05) is 42.6 Å². The summed E-state index contributed by atoms with van der Waals surface area (Å²) >= 11 is 7.38. The zero-order valence-corrected chi connectivity index (χ0v) is 13.6. The van der Waals surface area contributed by atoms with Crippen molar-refractivity contribution in [2.24, 2.45) is 0 Å². The molecule has 1 amide bonds. The Bertz CT molecular complexity index is 861. The number of carbonyl (C=O) groups is 1. The number of anilines is 1. The number of nitrogens with one attached hydrogen (secondary N) is 1. The second-order valence-corrected chi connectivity index (χ2v) is 6.61. The summed E-state index contributed by atoms with van der Waals surface area (Å²) < 4.78 is 4.57. The van der Waals surface area contributed by atoms with Crippen molar-refractivity contribution in [3.8, 4) is 11.3 Å². The van der Waals surface area contributed by atoms with Gasteiger partial charge in [0.25, 0.3) is 0 Å². The number of carbonyl (C=O) groups excluding carboxylic acids is 1. The fraction of sp³-hybridized carbons (Fsp3) is 0.118. The van der Waals surface area contributed by atoms with Crippen LogP contribution in [0.5, 0.6) is 0 Å². The second-order valence-electron chi connectivity index (χ2n) is 5.37. The monoisotopic (exact) mass is 341 g/mol. The normalized spacial score (nSPS) is 16.7. The Labute approximate surface area is 142 Å². The zero-order valence-electron chi connectivity index (χ0n) is 12.0. The molecule has 4 rings (SSSR count). The fourth-order valence-electron chi connectivity index (χ4n) is 2.79. The Morgan fingerprint density at radius 1 is 1.22 bits per heavy atom. The van der Waals surface area contributed by atoms with Gasteiger partial charge in [-0.25, -0.2) is 0 Å². The number of nitrogens with zero attached hydrogens (tertiary/aromatic N) is 2. The number of hydrogen-bond donors (Lipinski definition) is 1. The van der Waals surface area contributed by atoms with Crippen LogP contribution in [0.3, 0.4) is 0 Å². The van der Waals surface area contributed by atoms with Gasteiger partial charge in [0.15, 0.2) is 0 Å². The molecule has 1 aromatic carbocycles. The van der Waals surface area contributed by atoms with Crippen molar-refractivity contribution in [1.29, 1.82) is 0 Å². The third kappa shape index (κ3) is 2.62. The van der Waals surface area contributed by atoms with Gasteiger partial charge in [0.1, 0.15) is 5.69 Å². The van der Waals surface area contributed by atoms with Gasteiger partial charge in [0, 0.05) is 35.3 Å². The molecule has 1 aliphatic rings. The molecule has 1 N–H and O–H groups in total. The summed E-state index contributed by atoms with van der Waals surface area (Å²) in [5, 5.41) is 3.65. The van der Waals surface area contributed by atoms with Gasteiger partial charge in [-0.2, -0.15) is 4.37 Å². The van der Waals surface area contributed by atoms with E-state index in [1.165, 1.54) is 11.5 Å². The van der Waals surface area contributed by atoms with Crippen LogP contribution in [0.15, 0.2) is 48.8 Å². The maximum atomic E-state index is 12.2. The molecular weight excluding hydrogens is 330 g/mol. The van der Waals surface area contributed by atoms with Gasteiger partial charge in [-0.15, -0.1) is 0 Å². The van der Waals surface area contributed by atoms with Gasteiger partial charge in [-0.05, 0) is 35.3 Å². The molecule has 4 nitrogen and oxygen atoms in total. The topological polar surface area (TPSA) is 54.9 Å². The van der Waals surface area contributed by atoms with Crippen LogP contribution in [-0.2, 0) is 4.79 Å². The summed E-state index contributed by atoms with van der Waals surface area (Å²) in [7, 11) is 0. The second kappa shape index (κ2) is 5.76. The maximum absolute atomic E-state index is 12.2. The van der Waals surface area contributed by atoms with Gasteiger partial charge in [-0.3, -0.25) is 9.78 Å². The van der Waals surface area contributed by atoms with Crippen molar-refractivity contribution < 1.29 is 4.79 Å². The molecule has 0 spiro atoms. The quantitative estimate of drug-likeness (QED) is 0.754. The lowest BCUT2D eigenvalue weighted by molar-refractivity contribution is -0.116. The fourth-order valence-corrected chi connectivity index (χ4v) is 3.88. The summed E-state index contributed by atoms with van der Waals surface area (Å²) in [6.07, 6.45) is 3.97. The molecule has 3 heterocycles. The van der Waals surface area contributed by atoms with E-state index in [4.69, 9.17) is 11.6 Å². The Hall–Kier alpha value is -2.24. The summed E-state index contributed by atoms with van der Waals surface area (Å²) in [6, 6.07) is 11.4. The molecule has 1 atom stereocenters. The van der Waals surface area contributed by atoms with Crippen molar-refractivity contribution >= 4 is 34.7 Å². The molecule has 0 saturated carbocycles. The summed E-state index contributed by atoms with van der Waals surface area (Å²) in [5.41, 5.74) is 3.58. The molecule has 6 heteroatoms. The largest absolute Gasteiger partial charge is 0.323 e. The Kier molecular flexibility index (Phi) is 3.59. The van der Waals surface area contributed by atoms with E-state index in [2.05, 4.69) is 14.7 Å². The van der Waals surface area contributed by atoms with Crippen LogP contribution < -0.4 is 5.32 Å². The van der Waals surface area contributed by atoms with Gasteiger partial charge in [0.2, 0.25) is 5.91 Å². The smallest absolute Gasteiger partial charge is 0.225 e. The molecule has 23 heavy (non-hydrogen) atoms. The first kappa shape index (κ1) is 14.4. The van der Waals surface area contributed by atoms with E-state index in [0.717, 1.165) is 27.4 Å². The van der Waals surface area contributed by atoms with Crippen LogP contribution in [0.4, 0.5) is 5.69 Å². The average Bonchev–Trinajstić information content (AvgIpc) is 2.99. The number of hydrogen-bond acceptors (Lipinski definition) is 4. The van der Waals surface area contributed by atoms with Crippen LogP contribution in [0, 0.1) is 0 Å². The van der Waals surface area contributed by atoms with Crippen LogP contribution in [0.25, 0.3) is 11.3 Å². The van der Waals surface area contributed by atoms with E-state index >= 15 is 0 Å². The van der Waals surface area contributed by atoms with E-state index in [9.17, 15) is 4.79 Å². The number of rotatable bonds is 2. The Morgan fingerprint density at radius 3 is 2.78 bits per heavy atom. The van der Waals surface area contributed by atoms with E-state index < -0.39 is 0 Å². The zero-order chi connectivity index (χ0) is 15.8. The van der Waals surface area contributed by atoms with E-state index in [1.54, 1.807) is 6.20 Å². The molecule has 0 saturated heterocycles. The first-order valence-electron chi connectivity index (χ1n) is 7.17. The first-order valence-corrected chi connectivity index (χ1v) is 8.33. The Balaban J connectivity index is 1.81. The SMILES string of the molecule is O=C1C[C@@H](c2cccnc2)c2snc(-c3ccc(Cl)cc3)c2N1. The Morgan fingerprint density at radius 2 is 2.04 bits per heavy atom.